The minimum absolute atomic E-state index is 0.0957. The van der Waals surface area contributed by atoms with E-state index in [4.69, 9.17) is 0 Å². The number of benzene rings is 1. The van der Waals surface area contributed by atoms with Crippen LogP contribution in [0.1, 0.15) is 10.5 Å². The van der Waals surface area contributed by atoms with Crippen molar-refractivity contribution in [2.75, 3.05) is 5.32 Å². The number of pyridine rings is 1. The van der Waals surface area contributed by atoms with Gasteiger partial charge in [0.2, 0.25) is 0 Å². The molecule has 0 aliphatic heterocycles. The second kappa shape index (κ2) is 3.38. The molecule has 1 amide bonds. The summed E-state index contributed by atoms with van der Waals surface area (Å²) in [4.78, 5) is 15.7. The lowest BCUT2D eigenvalue weighted by Crippen LogP contribution is -2.13. The number of halogens is 1. The normalized spacial score (nSPS) is 11.6. The highest BCUT2D eigenvalue weighted by Crippen LogP contribution is 2.42. The van der Waals surface area contributed by atoms with Gasteiger partial charge in [0.05, 0.1) is 11.9 Å². The Balaban J connectivity index is 1.70. The van der Waals surface area contributed by atoms with Crippen LogP contribution >= 0.6 is 0 Å². The van der Waals surface area contributed by atoms with Gasteiger partial charge >= 0.3 is 0 Å². The molecule has 6 heteroatoms. The molecule has 0 unspecified atom stereocenters. The zero-order chi connectivity index (χ0) is 13.0. The Morgan fingerprint density at radius 2 is 2.26 bits per heavy atom. The largest absolute Gasteiger partial charge is 0.318 e. The molecule has 19 heavy (non-hydrogen) atoms. The first-order chi connectivity index (χ1) is 9.24. The molecule has 0 fully saturated rings. The lowest BCUT2D eigenvalue weighted by Gasteiger charge is -2.03. The van der Waals surface area contributed by atoms with E-state index in [-0.39, 0.29) is 5.69 Å². The summed E-state index contributed by atoms with van der Waals surface area (Å²) in [7, 11) is 0. The molecule has 0 radical (unpaired) electrons. The Morgan fingerprint density at radius 3 is 3.11 bits per heavy atom. The number of hydrogen-bond donors (Lipinski definition) is 2. The van der Waals surface area contributed by atoms with Crippen LogP contribution in [0, 0.1) is 5.82 Å². The van der Waals surface area contributed by atoms with E-state index in [1.165, 1.54) is 12.3 Å². The van der Waals surface area contributed by atoms with Crippen molar-refractivity contribution < 1.29 is 9.18 Å². The van der Waals surface area contributed by atoms with Crippen molar-refractivity contribution in [2.24, 2.45) is 0 Å². The fourth-order valence-corrected chi connectivity index (χ4v) is 2.13. The molecule has 5 nitrogen and oxygen atoms in total. The van der Waals surface area contributed by atoms with Gasteiger partial charge in [0.15, 0.2) is 5.82 Å². The van der Waals surface area contributed by atoms with Crippen LogP contribution in [0.4, 0.5) is 10.1 Å². The number of aromatic amines is 1. The fraction of sp³-hybridized carbons (Fsp3) is 0. The molecule has 2 aliphatic carbocycles. The zero-order valence-corrected chi connectivity index (χ0v) is 9.57. The number of nitrogens with zero attached hydrogens (tertiary/aromatic N) is 2. The first kappa shape index (κ1) is 10.2. The minimum atomic E-state index is -0.573. The lowest BCUT2D eigenvalue weighted by atomic mass is 10.2. The molecule has 0 aromatic carbocycles. The number of rotatable bonds is 2. The van der Waals surface area contributed by atoms with Crippen LogP contribution in [0.3, 0.4) is 0 Å². The van der Waals surface area contributed by atoms with Crippen molar-refractivity contribution >= 4 is 22.5 Å². The molecular formula is C13H7FN4O. The van der Waals surface area contributed by atoms with Gasteiger partial charge in [0.1, 0.15) is 11.2 Å². The second-order valence-corrected chi connectivity index (χ2v) is 4.33. The highest BCUT2D eigenvalue weighted by Gasteiger charge is 2.24. The van der Waals surface area contributed by atoms with Gasteiger partial charge in [0.25, 0.3) is 5.91 Å². The predicted molar refractivity (Wildman–Crippen MR) is 67.2 cm³/mol. The summed E-state index contributed by atoms with van der Waals surface area (Å²) >= 11 is 0. The van der Waals surface area contributed by atoms with Crippen molar-refractivity contribution in [3.05, 3.63) is 42.1 Å². The van der Waals surface area contributed by atoms with Crippen molar-refractivity contribution in [3.8, 4) is 11.1 Å². The Bertz CT molecular complexity index is 840. The van der Waals surface area contributed by atoms with Gasteiger partial charge in [-0.25, -0.2) is 4.39 Å². The van der Waals surface area contributed by atoms with Crippen molar-refractivity contribution in [2.45, 2.75) is 0 Å². The van der Waals surface area contributed by atoms with E-state index in [1.807, 2.05) is 12.1 Å². The average Bonchev–Trinajstić information content (AvgIpc) is 2.89. The number of carbonyl (C=O) groups excluding carboxylic acids is 1. The van der Waals surface area contributed by atoms with Gasteiger partial charge < -0.3 is 5.32 Å². The first-order valence-electron chi connectivity index (χ1n) is 5.67. The van der Waals surface area contributed by atoms with E-state index < -0.39 is 11.7 Å². The molecule has 92 valence electrons. The van der Waals surface area contributed by atoms with Crippen LogP contribution < -0.4 is 5.32 Å². The van der Waals surface area contributed by atoms with Gasteiger partial charge in [-0.1, -0.05) is 0 Å². The molecule has 0 atom stereocenters. The van der Waals surface area contributed by atoms with Gasteiger partial charge in [-0.15, -0.1) is 0 Å². The third-order valence-electron chi connectivity index (χ3n) is 3.13. The summed E-state index contributed by atoms with van der Waals surface area (Å²) < 4.78 is 13.4. The number of H-pyrrole nitrogens is 1. The third kappa shape index (κ3) is 1.43. The summed E-state index contributed by atoms with van der Waals surface area (Å²) in [6, 6.07) is 5.29. The Hall–Kier alpha value is -2.76. The smallest absolute Gasteiger partial charge is 0.274 e. The van der Waals surface area contributed by atoms with Gasteiger partial charge in [-0.3, -0.25) is 14.9 Å². The molecular weight excluding hydrogens is 247 g/mol. The number of nitrogens with one attached hydrogen (secondary N) is 2. The Labute approximate surface area is 106 Å². The summed E-state index contributed by atoms with van der Waals surface area (Å²) in [6.45, 7) is 0. The number of carbonyl (C=O) groups is 1. The number of amides is 1. The van der Waals surface area contributed by atoms with E-state index in [1.54, 1.807) is 0 Å². The topological polar surface area (TPSA) is 70.7 Å². The van der Waals surface area contributed by atoms with Crippen molar-refractivity contribution in [1.82, 2.24) is 15.2 Å². The van der Waals surface area contributed by atoms with Crippen LogP contribution in [0.15, 0.2) is 30.6 Å². The standard InChI is InChI=1S/C13H7FN4O/c14-9-5-15-2-1-10(9)16-13(19)12-8-4-6-3-7(6)11(8)17-18-12/h1-5H,(H,17,18)(H,15,16,19). The summed E-state index contributed by atoms with van der Waals surface area (Å²) in [6.07, 6.45) is 2.47. The van der Waals surface area contributed by atoms with Crippen LogP contribution in [0.5, 0.6) is 0 Å². The molecule has 2 aromatic heterocycles. The van der Waals surface area contributed by atoms with Gasteiger partial charge in [-0.05, 0) is 23.8 Å². The van der Waals surface area contributed by atoms with Crippen molar-refractivity contribution in [1.29, 1.82) is 0 Å². The van der Waals surface area contributed by atoms with Gasteiger partial charge in [0, 0.05) is 17.1 Å². The van der Waals surface area contributed by atoms with E-state index in [0.29, 0.717) is 5.69 Å². The van der Waals surface area contributed by atoms with Crippen LogP contribution in [-0.2, 0) is 0 Å². The number of aromatic nitrogens is 3. The quantitative estimate of drug-likeness (QED) is 0.576. The monoisotopic (exact) mass is 254 g/mol. The summed E-state index contributed by atoms with van der Waals surface area (Å²) in [5, 5.41) is 10.0. The SMILES string of the molecule is O=C(Nc1ccncc1F)c1[nH]nc2c3cc-3cc12. The van der Waals surface area contributed by atoms with Gasteiger partial charge in [-0.2, -0.15) is 5.10 Å². The summed E-state index contributed by atoms with van der Waals surface area (Å²) in [5.74, 6) is -0.992. The first-order valence-corrected chi connectivity index (χ1v) is 5.67. The zero-order valence-electron chi connectivity index (χ0n) is 9.57. The molecule has 2 aromatic rings. The molecule has 2 aliphatic rings. The Kier molecular flexibility index (Phi) is 1.81. The second-order valence-electron chi connectivity index (χ2n) is 4.33. The van der Waals surface area contributed by atoms with Crippen LogP contribution in [0.25, 0.3) is 22.0 Å². The van der Waals surface area contributed by atoms with Crippen LogP contribution in [-0.4, -0.2) is 21.1 Å². The average molecular weight is 254 g/mol. The van der Waals surface area contributed by atoms with Crippen molar-refractivity contribution in [3.63, 3.8) is 0 Å². The highest BCUT2D eigenvalue weighted by molar-refractivity contribution is 6.17. The molecule has 4 rings (SSSR count). The number of hydrogen-bond acceptors (Lipinski definition) is 3. The molecule has 0 saturated carbocycles. The Morgan fingerprint density at radius 1 is 1.37 bits per heavy atom. The van der Waals surface area contributed by atoms with E-state index in [0.717, 1.165) is 28.2 Å². The number of fused-ring (bicyclic) bond motifs is 3. The maximum atomic E-state index is 13.4. The molecule has 0 spiro atoms. The molecule has 0 saturated heterocycles. The maximum Gasteiger partial charge on any atom is 0.274 e. The fourth-order valence-electron chi connectivity index (χ4n) is 2.13. The summed E-state index contributed by atoms with van der Waals surface area (Å²) in [5.41, 5.74) is 3.40. The predicted octanol–water partition coefficient (Wildman–Crippen LogP) is 2.33. The van der Waals surface area contributed by atoms with Crippen LogP contribution in [0.2, 0.25) is 0 Å². The molecule has 2 heterocycles. The van der Waals surface area contributed by atoms with E-state index >= 15 is 0 Å². The molecule has 0 bridgehead atoms. The highest BCUT2D eigenvalue weighted by atomic mass is 19.1. The maximum absolute atomic E-state index is 13.4. The third-order valence-corrected chi connectivity index (χ3v) is 3.13. The molecule has 2 N–H and O–H groups in total. The minimum Gasteiger partial charge on any atom is -0.318 e. The number of anilines is 1. The van der Waals surface area contributed by atoms with E-state index in [9.17, 15) is 9.18 Å². The van der Waals surface area contributed by atoms with E-state index in [2.05, 4.69) is 20.5 Å². The lowest BCUT2D eigenvalue weighted by molar-refractivity contribution is 0.102.